The first kappa shape index (κ1) is 20.5. The molecular formula is C25H22O6. The molecule has 31 heavy (non-hydrogen) atoms. The van der Waals surface area contributed by atoms with E-state index in [0.717, 1.165) is 0 Å². The zero-order chi connectivity index (χ0) is 22.4. The van der Waals surface area contributed by atoms with Gasteiger partial charge in [0.2, 0.25) is 0 Å². The van der Waals surface area contributed by atoms with Gasteiger partial charge < -0.3 is 19.7 Å². The van der Waals surface area contributed by atoms with Crippen molar-refractivity contribution in [1.29, 1.82) is 0 Å². The topological polar surface area (TPSA) is 93.1 Å². The molecule has 0 saturated heterocycles. The number of aromatic hydroxyl groups is 2. The average Bonchev–Trinajstić information content (AvgIpc) is 2.71. The van der Waals surface area contributed by atoms with Gasteiger partial charge in [-0.3, -0.25) is 9.59 Å². The predicted octanol–water partition coefficient (Wildman–Crippen LogP) is 4.47. The van der Waals surface area contributed by atoms with Crippen molar-refractivity contribution in [2.75, 3.05) is 13.7 Å². The van der Waals surface area contributed by atoms with Crippen molar-refractivity contribution in [3.05, 3.63) is 80.9 Å². The second-order valence-electron chi connectivity index (χ2n) is 7.55. The molecule has 6 heteroatoms. The first-order chi connectivity index (χ1) is 14.8. The summed E-state index contributed by atoms with van der Waals surface area (Å²) in [6.45, 7) is 5.66. The predicted molar refractivity (Wildman–Crippen MR) is 116 cm³/mol. The number of fused-ring (bicyclic) bond motifs is 2. The molecule has 0 bridgehead atoms. The number of Topliss-reactive ketones (excluding diaryl/α,β-unsaturated/α-hetero) is 2. The fourth-order valence-electron chi connectivity index (χ4n) is 4.07. The number of benzene rings is 2. The van der Waals surface area contributed by atoms with Crippen molar-refractivity contribution in [3.8, 4) is 11.5 Å². The molecule has 0 aromatic heterocycles. The molecule has 0 unspecified atom stereocenters. The number of phenolic OH excluding ortho intramolecular Hbond substituents is 2. The molecule has 0 spiro atoms. The standard InChI is InChI=1S/C25H22O6/c1-5-31-21-11-15(25(29)17-7-13(3)9-19(27)23(17)21)14-10-20(30-4)22-16(24(14)28)6-12(2)8-18(22)26/h6-11,26-27H,5H2,1-4H3. The van der Waals surface area contributed by atoms with Crippen LogP contribution in [0.1, 0.15) is 49.9 Å². The first-order valence-corrected chi connectivity index (χ1v) is 9.88. The van der Waals surface area contributed by atoms with E-state index in [0.29, 0.717) is 34.6 Å². The minimum Gasteiger partial charge on any atom is -0.507 e. The van der Waals surface area contributed by atoms with Crippen LogP contribution in [0.5, 0.6) is 11.5 Å². The van der Waals surface area contributed by atoms with Crippen LogP contribution in [0.4, 0.5) is 0 Å². The van der Waals surface area contributed by atoms with Crippen LogP contribution in [0.3, 0.4) is 0 Å². The molecule has 2 aliphatic rings. The Balaban J connectivity index is 2.02. The fraction of sp³-hybridized carbons (Fsp3) is 0.200. The number of hydrogen-bond donors (Lipinski definition) is 2. The Kier molecular flexibility index (Phi) is 4.93. The highest BCUT2D eigenvalue weighted by molar-refractivity contribution is 6.26. The molecule has 0 atom stereocenters. The molecular weight excluding hydrogens is 396 g/mol. The summed E-state index contributed by atoms with van der Waals surface area (Å²) >= 11 is 0. The van der Waals surface area contributed by atoms with Gasteiger partial charge in [0.25, 0.3) is 0 Å². The van der Waals surface area contributed by atoms with E-state index in [1.165, 1.54) is 19.3 Å². The van der Waals surface area contributed by atoms with Crippen molar-refractivity contribution in [2.45, 2.75) is 20.8 Å². The van der Waals surface area contributed by atoms with Gasteiger partial charge in [-0.05, 0) is 68.3 Å². The summed E-state index contributed by atoms with van der Waals surface area (Å²) in [5, 5.41) is 20.8. The van der Waals surface area contributed by atoms with Crippen LogP contribution >= 0.6 is 0 Å². The summed E-state index contributed by atoms with van der Waals surface area (Å²) in [4.78, 5) is 26.8. The average molecular weight is 418 g/mol. The fourth-order valence-corrected chi connectivity index (χ4v) is 4.07. The highest BCUT2D eigenvalue weighted by atomic mass is 16.5. The molecule has 0 aliphatic heterocycles. The summed E-state index contributed by atoms with van der Waals surface area (Å²) in [5.74, 6) is -0.312. The number of aryl methyl sites for hydroxylation is 2. The van der Waals surface area contributed by atoms with Gasteiger partial charge in [-0.15, -0.1) is 0 Å². The highest BCUT2D eigenvalue weighted by Crippen LogP contribution is 2.41. The third kappa shape index (κ3) is 3.20. The highest BCUT2D eigenvalue weighted by Gasteiger charge is 2.34. The number of allylic oxidation sites excluding steroid dienone is 4. The van der Waals surface area contributed by atoms with Gasteiger partial charge in [0, 0.05) is 22.3 Å². The first-order valence-electron chi connectivity index (χ1n) is 9.88. The van der Waals surface area contributed by atoms with E-state index in [-0.39, 0.29) is 39.5 Å². The van der Waals surface area contributed by atoms with Crippen molar-refractivity contribution < 1.29 is 29.3 Å². The summed E-state index contributed by atoms with van der Waals surface area (Å²) in [6.07, 6.45) is 2.95. The lowest BCUT2D eigenvalue weighted by atomic mass is 9.81. The molecule has 0 fully saturated rings. The Bertz CT molecular complexity index is 1240. The largest absolute Gasteiger partial charge is 0.507 e. The Morgan fingerprint density at radius 3 is 1.68 bits per heavy atom. The van der Waals surface area contributed by atoms with E-state index in [9.17, 15) is 19.8 Å². The van der Waals surface area contributed by atoms with Gasteiger partial charge >= 0.3 is 0 Å². The maximum absolute atomic E-state index is 13.4. The Labute approximate surface area is 179 Å². The van der Waals surface area contributed by atoms with Gasteiger partial charge in [-0.2, -0.15) is 0 Å². The number of carbonyl (C=O) groups excluding carboxylic acids is 2. The van der Waals surface area contributed by atoms with Crippen LogP contribution in [-0.2, 0) is 9.47 Å². The van der Waals surface area contributed by atoms with Crippen LogP contribution < -0.4 is 0 Å². The molecule has 6 nitrogen and oxygen atoms in total. The van der Waals surface area contributed by atoms with Gasteiger partial charge in [0.05, 0.1) is 24.8 Å². The normalized spacial score (nSPS) is 17.5. The van der Waals surface area contributed by atoms with Crippen molar-refractivity contribution >= 4 is 23.1 Å². The SMILES string of the molecule is CCOC1=CC(=C2C=C(OC)c3c(O)cc(C)cc3C2=O)C(=O)c2cc(C)cc(O)c21. The lowest BCUT2D eigenvalue weighted by Crippen LogP contribution is -2.20. The van der Waals surface area contributed by atoms with Crippen LogP contribution in [0.2, 0.25) is 0 Å². The third-order valence-corrected chi connectivity index (χ3v) is 5.36. The smallest absolute Gasteiger partial charge is 0.194 e. The number of carbonyl (C=O) groups is 2. The van der Waals surface area contributed by atoms with E-state index >= 15 is 0 Å². The minimum absolute atomic E-state index is 0.0545. The maximum Gasteiger partial charge on any atom is 0.194 e. The molecule has 0 heterocycles. The van der Waals surface area contributed by atoms with Gasteiger partial charge in [-0.25, -0.2) is 0 Å². The molecule has 0 radical (unpaired) electrons. The van der Waals surface area contributed by atoms with E-state index in [2.05, 4.69) is 0 Å². The van der Waals surface area contributed by atoms with Gasteiger partial charge in [0.15, 0.2) is 11.6 Å². The van der Waals surface area contributed by atoms with E-state index < -0.39 is 11.6 Å². The molecule has 2 aromatic carbocycles. The Hall–Kier alpha value is -3.80. The van der Waals surface area contributed by atoms with Crippen molar-refractivity contribution in [1.82, 2.24) is 0 Å². The second kappa shape index (κ2) is 7.47. The quantitative estimate of drug-likeness (QED) is 0.715. The van der Waals surface area contributed by atoms with Gasteiger partial charge in [0.1, 0.15) is 23.0 Å². The van der Waals surface area contributed by atoms with Crippen molar-refractivity contribution in [3.63, 3.8) is 0 Å². The molecule has 158 valence electrons. The third-order valence-electron chi connectivity index (χ3n) is 5.36. The second-order valence-corrected chi connectivity index (χ2v) is 7.55. The van der Waals surface area contributed by atoms with Crippen LogP contribution in [0.25, 0.3) is 11.5 Å². The minimum atomic E-state index is -0.398. The molecule has 0 saturated carbocycles. The van der Waals surface area contributed by atoms with Crippen LogP contribution in [-0.4, -0.2) is 35.5 Å². The maximum atomic E-state index is 13.4. The number of ketones is 2. The number of phenols is 2. The molecule has 2 aliphatic carbocycles. The Morgan fingerprint density at radius 1 is 0.774 bits per heavy atom. The molecule has 4 rings (SSSR count). The Morgan fingerprint density at radius 2 is 1.23 bits per heavy atom. The lowest BCUT2D eigenvalue weighted by molar-refractivity contribution is 0.100. The molecule has 2 aromatic rings. The number of methoxy groups -OCH3 is 1. The van der Waals surface area contributed by atoms with E-state index in [1.807, 2.05) is 0 Å². The zero-order valence-electron chi connectivity index (χ0n) is 17.7. The number of hydrogen-bond acceptors (Lipinski definition) is 6. The molecule has 0 amide bonds. The summed E-state index contributed by atoms with van der Waals surface area (Å²) in [6, 6.07) is 6.45. The summed E-state index contributed by atoms with van der Waals surface area (Å²) in [5.41, 5.74) is 2.85. The van der Waals surface area contributed by atoms with Gasteiger partial charge in [-0.1, -0.05) is 0 Å². The lowest BCUT2D eigenvalue weighted by Gasteiger charge is -2.24. The van der Waals surface area contributed by atoms with Crippen molar-refractivity contribution in [2.24, 2.45) is 0 Å². The number of rotatable bonds is 3. The van der Waals surface area contributed by atoms with E-state index in [4.69, 9.17) is 9.47 Å². The summed E-state index contributed by atoms with van der Waals surface area (Å²) in [7, 11) is 1.44. The molecule has 2 N–H and O–H groups in total. The van der Waals surface area contributed by atoms with Crippen LogP contribution in [0.15, 0.2) is 47.6 Å². The number of ether oxygens (including phenoxy) is 2. The monoisotopic (exact) mass is 418 g/mol. The van der Waals surface area contributed by atoms with E-state index in [1.54, 1.807) is 45.0 Å². The summed E-state index contributed by atoms with van der Waals surface area (Å²) < 4.78 is 11.1. The zero-order valence-corrected chi connectivity index (χ0v) is 17.7. The van der Waals surface area contributed by atoms with Crippen LogP contribution in [0, 0.1) is 13.8 Å².